The van der Waals surface area contributed by atoms with Gasteiger partial charge in [0.1, 0.15) is 0 Å². The topological polar surface area (TPSA) is 58.6 Å². The van der Waals surface area contributed by atoms with Gasteiger partial charge in [-0.1, -0.05) is 25.1 Å². The molecule has 0 aliphatic heterocycles. The van der Waals surface area contributed by atoms with E-state index < -0.39 is 0 Å². The molecule has 0 amide bonds. The first-order valence-electron chi connectivity index (χ1n) is 6.10. The third kappa shape index (κ3) is 3.82. The molecule has 0 aliphatic rings. The van der Waals surface area contributed by atoms with E-state index in [1.807, 2.05) is 32.0 Å². The predicted octanol–water partition coefficient (Wildman–Crippen LogP) is 1.58. The van der Waals surface area contributed by atoms with Gasteiger partial charge < -0.3 is 15.2 Å². The standard InChI is InChI=1S/C14H21NO3/c1-10(9-16)11(2)15-8-12-6-4-5-7-13(12)14(17)18-3/h4-7,10-11,15-16H,8-9H2,1-3H3. The summed E-state index contributed by atoms with van der Waals surface area (Å²) >= 11 is 0. The zero-order valence-electron chi connectivity index (χ0n) is 11.1. The summed E-state index contributed by atoms with van der Waals surface area (Å²) in [4.78, 5) is 11.6. The Morgan fingerprint density at radius 3 is 2.67 bits per heavy atom. The molecule has 0 radical (unpaired) electrons. The van der Waals surface area contributed by atoms with Crippen molar-refractivity contribution < 1.29 is 14.6 Å². The number of ether oxygens (including phenoxy) is 1. The van der Waals surface area contributed by atoms with Crippen molar-refractivity contribution in [3.63, 3.8) is 0 Å². The van der Waals surface area contributed by atoms with Crippen molar-refractivity contribution in [3.8, 4) is 0 Å². The summed E-state index contributed by atoms with van der Waals surface area (Å²) in [5.74, 6) is -0.148. The van der Waals surface area contributed by atoms with E-state index in [0.717, 1.165) is 5.56 Å². The number of rotatable bonds is 6. The maximum Gasteiger partial charge on any atom is 0.338 e. The SMILES string of the molecule is COC(=O)c1ccccc1CNC(C)C(C)CO. The Bertz CT molecular complexity index is 392. The maximum absolute atomic E-state index is 11.6. The largest absolute Gasteiger partial charge is 0.465 e. The zero-order chi connectivity index (χ0) is 13.5. The number of carbonyl (C=O) groups is 1. The summed E-state index contributed by atoms with van der Waals surface area (Å²) in [6, 6.07) is 7.54. The van der Waals surface area contributed by atoms with Gasteiger partial charge in [0.25, 0.3) is 0 Å². The minimum absolute atomic E-state index is 0.146. The monoisotopic (exact) mass is 251 g/mol. The first kappa shape index (κ1) is 14.7. The number of nitrogens with one attached hydrogen (secondary N) is 1. The Balaban J connectivity index is 2.70. The van der Waals surface area contributed by atoms with E-state index in [1.165, 1.54) is 7.11 Å². The van der Waals surface area contributed by atoms with Crippen LogP contribution >= 0.6 is 0 Å². The molecule has 0 heterocycles. The number of aliphatic hydroxyl groups excluding tert-OH is 1. The number of hydrogen-bond donors (Lipinski definition) is 2. The van der Waals surface area contributed by atoms with Gasteiger partial charge in [0.2, 0.25) is 0 Å². The van der Waals surface area contributed by atoms with Crippen LogP contribution in [-0.4, -0.2) is 30.8 Å². The molecule has 0 bridgehead atoms. The first-order chi connectivity index (χ1) is 8.60. The van der Waals surface area contributed by atoms with Crippen molar-refractivity contribution in [2.75, 3.05) is 13.7 Å². The van der Waals surface area contributed by atoms with E-state index in [-0.39, 0.29) is 24.5 Å². The summed E-state index contributed by atoms with van der Waals surface area (Å²) in [5, 5.41) is 12.4. The molecule has 2 atom stereocenters. The second-order valence-electron chi connectivity index (χ2n) is 4.48. The lowest BCUT2D eigenvalue weighted by molar-refractivity contribution is 0.0599. The van der Waals surface area contributed by atoms with Gasteiger partial charge in [0.05, 0.1) is 12.7 Å². The number of benzene rings is 1. The number of aliphatic hydroxyl groups is 1. The summed E-state index contributed by atoms with van der Waals surface area (Å²) < 4.78 is 4.75. The highest BCUT2D eigenvalue weighted by atomic mass is 16.5. The van der Waals surface area contributed by atoms with Crippen LogP contribution in [0.2, 0.25) is 0 Å². The summed E-state index contributed by atoms with van der Waals surface area (Å²) in [6.45, 7) is 4.72. The fourth-order valence-electron chi connectivity index (χ4n) is 1.61. The minimum atomic E-state index is -0.324. The van der Waals surface area contributed by atoms with Crippen LogP contribution in [0.1, 0.15) is 29.8 Å². The zero-order valence-corrected chi connectivity index (χ0v) is 11.1. The van der Waals surface area contributed by atoms with Crippen LogP contribution in [0.4, 0.5) is 0 Å². The molecule has 1 aromatic carbocycles. The van der Waals surface area contributed by atoms with Crippen LogP contribution in [0.5, 0.6) is 0 Å². The highest BCUT2D eigenvalue weighted by Gasteiger charge is 2.14. The van der Waals surface area contributed by atoms with Crippen LogP contribution in [0.15, 0.2) is 24.3 Å². The van der Waals surface area contributed by atoms with Gasteiger partial charge in [0, 0.05) is 19.2 Å². The van der Waals surface area contributed by atoms with Crippen LogP contribution in [0.3, 0.4) is 0 Å². The summed E-state index contributed by atoms with van der Waals surface area (Å²) in [6.07, 6.45) is 0. The second kappa shape index (κ2) is 7.13. The highest BCUT2D eigenvalue weighted by molar-refractivity contribution is 5.90. The molecule has 2 unspecified atom stereocenters. The van der Waals surface area contributed by atoms with E-state index >= 15 is 0 Å². The second-order valence-corrected chi connectivity index (χ2v) is 4.48. The van der Waals surface area contributed by atoms with Crippen LogP contribution in [0.25, 0.3) is 0 Å². The Hall–Kier alpha value is -1.39. The molecule has 0 aromatic heterocycles. The molecule has 4 nitrogen and oxygen atoms in total. The van der Waals surface area contributed by atoms with Crippen molar-refractivity contribution in [2.24, 2.45) is 5.92 Å². The molecule has 1 aromatic rings. The average Bonchev–Trinajstić information content (AvgIpc) is 2.43. The van der Waals surface area contributed by atoms with Crippen molar-refractivity contribution >= 4 is 5.97 Å². The van der Waals surface area contributed by atoms with Gasteiger partial charge in [0.15, 0.2) is 0 Å². The van der Waals surface area contributed by atoms with Gasteiger partial charge >= 0.3 is 5.97 Å². The number of methoxy groups -OCH3 is 1. The van der Waals surface area contributed by atoms with E-state index in [1.54, 1.807) is 6.07 Å². The predicted molar refractivity (Wildman–Crippen MR) is 70.3 cm³/mol. The molecule has 0 saturated heterocycles. The molecule has 100 valence electrons. The fraction of sp³-hybridized carbons (Fsp3) is 0.500. The molecule has 1 rings (SSSR count). The lowest BCUT2D eigenvalue weighted by Gasteiger charge is -2.20. The van der Waals surface area contributed by atoms with Gasteiger partial charge in [-0.3, -0.25) is 0 Å². The van der Waals surface area contributed by atoms with E-state index in [9.17, 15) is 4.79 Å². The van der Waals surface area contributed by atoms with Crippen LogP contribution in [-0.2, 0) is 11.3 Å². The van der Waals surface area contributed by atoms with Gasteiger partial charge in [-0.2, -0.15) is 0 Å². The van der Waals surface area contributed by atoms with Gasteiger partial charge in [-0.05, 0) is 24.5 Å². The quantitative estimate of drug-likeness (QED) is 0.754. The Labute approximate surface area is 108 Å². The summed E-state index contributed by atoms with van der Waals surface area (Å²) in [5.41, 5.74) is 1.48. The molecular formula is C14H21NO3. The number of carbonyl (C=O) groups excluding carboxylic acids is 1. The Kier molecular flexibility index (Phi) is 5.82. The van der Waals surface area contributed by atoms with Gasteiger partial charge in [-0.15, -0.1) is 0 Å². The molecule has 18 heavy (non-hydrogen) atoms. The lowest BCUT2D eigenvalue weighted by atomic mass is 10.0. The third-order valence-corrected chi connectivity index (χ3v) is 3.18. The van der Waals surface area contributed by atoms with E-state index in [0.29, 0.717) is 12.1 Å². The highest BCUT2D eigenvalue weighted by Crippen LogP contribution is 2.11. The normalized spacial score (nSPS) is 14.0. The summed E-state index contributed by atoms with van der Waals surface area (Å²) in [7, 11) is 1.38. The van der Waals surface area contributed by atoms with E-state index in [4.69, 9.17) is 9.84 Å². The third-order valence-electron chi connectivity index (χ3n) is 3.18. The lowest BCUT2D eigenvalue weighted by Crippen LogP contribution is -2.33. The molecule has 0 fully saturated rings. The molecule has 2 N–H and O–H groups in total. The number of hydrogen-bond acceptors (Lipinski definition) is 4. The van der Waals surface area contributed by atoms with Gasteiger partial charge in [-0.25, -0.2) is 4.79 Å². The molecule has 0 aliphatic carbocycles. The fourth-order valence-corrected chi connectivity index (χ4v) is 1.61. The van der Waals surface area contributed by atoms with Crippen LogP contribution in [0, 0.1) is 5.92 Å². The number of esters is 1. The average molecular weight is 251 g/mol. The first-order valence-corrected chi connectivity index (χ1v) is 6.10. The Morgan fingerprint density at radius 1 is 1.39 bits per heavy atom. The smallest absolute Gasteiger partial charge is 0.338 e. The van der Waals surface area contributed by atoms with Crippen LogP contribution < -0.4 is 5.32 Å². The Morgan fingerprint density at radius 2 is 2.06 bits per heavy atom. The van der Waals surface area contributed by atoms with Crippen molar-refractivity contribution in [1.29, 1.82) is 0 Å². The minimum Gasteiger partial charge on any atom is -0.465 e. The van der Waals surface area contributed by atoms with Crippen molar-refractivity contribution in [2.45, 2.75) is 26.4 Å². The molecule has 0 spiro atoms. The maximum atomic E-state index is 11.6. The van der Waals surface area contributed by atoms with Crippen molar-refractivity contribution in [1.82, 2.24) is 5.32 Å². The van der Waals surface area contributed by atoms with Crippen molar-refractivity contribution in [3.05, 3.63) is 35.4 Å². The molecular weight excluding hydrogens is 230 g/mol. The molecule has 0 saturated carbocycles. The molecule has 4 heteroatoms. The van der Waals surface area contributed by atoms with E-state index in [2.05, 4.69) is 5.32 Å².